The smallest absolute Gasteiger partial charge is 0.161 e. The first-order valence-corrected chi connectivity index (χ1v) is 5.09. The van der Waals surface area contributed by atoms with Crippen LogP contribution < -0.4 is 0 Å². The summed E-state index contributed by atoms with van der Waals surface area (Å²) in [7, 11) is 0. The topological polar surface area (TPSA) is 30.7 Å². The number of aryl methyl sites for hydroxylation is 2. The van der Waals surface area contributed by atoms with Crippen molar-refractivity contribution >= 4 is 22.8 Å². The van der Waals surface area contributed by atoms with Crippen LogP contribution in [-0.4, -0.2) is 14.5 Å². The minimum Gasteiger partial charge on any atom is -0.313 e. The van der Waals surface area contributed by atoms with Crippen LogP contribution in [0.1, 0.15) is 19.2 Å². The molecule has 0 amide bonds. The van der Waals surface area contributed by atoms with Gasteiger partial charge in [0, 0.05) is 6.54 Å². The van der Waals surface area contributed by atoms with E-state index < -0.39 is 0 Å². The number of nitrogens with zero attached hydrogens (tertiary/aromatic N) is 3. The second-order valence-corrected chi connectivity index (χ2v) is 3.67. The number of aromatic nitrogens is 3. The maximum absolute atomic E-state index is 5.85. The molecule has 3 nitrogen and oxygen atoms in total. The van der Waals surface area contributed by atoms with Gasteiger partial charge in [-0.15, -0.1) is 0 Å². The number of halogens is 1. The molecule has 0 aliphatic heterocycles. The first-order valence-electron chi connectivity index (χ1n) is 4.71. The van der Waals surface area contributed by atoms with Crippen LogP contribution in [0.4, 0.5) is 0 Å². The molecule has 0 fully saturated rings. The Morgan fingerprint density at radius 2 is 2.14 bits per heavy atom. The molecule has 74 valence electrons. The highest BCUT2D eigenvalue weighted by Gasteiger charge is 2.07. The monoisotopic (exact) mass is 209 g/mol. The molecule has 0 aliphatic carbocycles. The van der Waals surface area contributed by atoms with Gasteiger partial charge in [-0.2, -0.15) is 0 Å². The predicted octanol–water partition coefficient (Wildman–Crippen LogP) is 2.80. The highest BCUT2D eigenvalue weighted by Crippen LogP contribution is 2.16. The van der Waals surface area contributed by atoms with Gasteiger partial charge in [0.15, 0.2) is 5.65 Å². The van der Waals surface area contributed by atoms with Crippen LogP contribution in [0.25, 0.3) is 11.2 Å². The maximum Gasteiger partial charge on any atom is 0.161 e. The lowest BCUT2D eigenvalue weighted by molar-refractivity contribution is 0.670. The third-order valence-corrected chi connectivity index (χ3v) is 2.41. The Kier molecular flexibility index (Phi) is 2.42. The van der Waals surface area contributed by atoms with Crippen molar-refractivity contribution in [3.8, 4) is 0 Å². The van der Waals surface area contributed by atoms with Gasteiger partial charge >= 0.3 is 0 Å². The molecule has 0 aromatic carbocycles. The zero-order chi connectivity index (χ0) is 10.1. The Morgan fingerprint density at radius 1 is 1.36 bits per heavy atom. The minimum absolute atomic E-state index is 0.523. The lowest BCUT2D eigenvalue weighted by Gasteiger charge is -2.02. The molecule has 0 aliphatic rings. The second-order valence-electron chi connectivity index (χ2n) is 3.29. The standard InChI is InChI=1S/C10H12ClN3/c1-3-6-14-7(2)12-8-4-5-9(11)13-10(8)14/h4-5H,3,6H2,1-2H3. The van der Waals surface area contributed by atoms with E-state index in [1.165, 1.54) is 0 Å². The molecule has 0 unspecified atom stereocenters. The SMILES string of the molecule is CCCn1c(C)nc2ccc(Cl)nc21. The number of rotatable bonds is 2. The van der Waals surface area contributed by atoms with Crippen molar-refractivity contribution in [2.24, 2.45) is 0 Å². The molecule has 14 heavy (non-hydrogen) atoms. The Labute approximate surface area is 87.7 Å². The Hall–Kier alpha value is -1.09. The molecule has 2 rings (SSSR count). The molecule has 0 saturated carbocycles. The van der Waals surface area contributed by atoms with Gasteiger partial charge < -0.3 is 4.57 Å². The average molecular weight is 210 g/mol. The number of imidazole rings is 1. The molecule has 2 heterocycles. The normalized spacial score (nSPS) is 11.1. The summed E-state index contributed by atoms with van der Waals surface area (Å²) in [5.41, 5.74) is 1.80. The number of pyridine rings is 1. The highest BCUT2D eigenvalue weighted by atomic mass is 35.5. The Balaban J connectivity index is 2.66. The zero-order valence-corrected chi connectivity index (χ0v) is 9.04. The fraction of sp³-hybridized carbons (Fsp3) is 0.400. The van der Waals surface area contributed by atoms with E-state index in [0.29, 0.717) is 5.15 Å². The van der Waals surface area contributed by atoms with Crippen molar-refractivity contribution < 1.29 is 0 Å². The lowest BCUT2D eigenvalue weighted by Crippen LogP contribution is -2.00. The van der Waals surface area contributed by atoms with Crippen LogP contribution in [0.5, 0.6) is 0 Å². The third kappa shape index (κ3) is 1.48. The molecule has 0 bridgehead atoms. The quantitative estimate of drug-likeness (QED) is 0.713. The number of hydrogen-bond donors (Lipinski definition) is 0. The Bertz CT molecular complexity index is 462. The van der Waals surface area contributed by atoms with Crippen molar-refractivity contribution in [3.05, 3.63) is 23.1 Å². The summed E-state index contributed by atoms with van der Waals surface area (Å²) >= 11 is 5.85. The van der Waals surface area contributed by atoms with E-state index >= 15 is 0 Å². The molecule has 2 aromatic rings. The molecular weight excluding hydrogens is 198 g/mol. The summed E-state index contributed by atoms with van der Waals surface area (Å²) in [6.07, 6.45) is 1.07. The molecule has 0 saturated heterocycles. The second kappa shape index (κ2) is 3.58. The maximum atomic E-state index is 5.85. The predicted molar refractivity (Wildman–Crippen MR) is 57.6 cm³/mol. The number of hydrogen-bond acceptors (Lipinski definition) is 2. The van der Waals surface area contributed by atoms with Gasteiger partial charge in [0.25, 0.3) is 0 Å². The van der Waals surface area contributed by atoms with Crippen molar-refractivity contribution in [1.29, 1.82) is 0 Å². The molecule has 4 heteroatoms. The summed E-state index contributed by atoms with van der Waals surface area (Å²) in [4.78, 5) is 8.70. The van der Waals surface area contributed by atoms with E-state index in [-0.39, 0.29) is 0 Å². The van der Waals surface area contributed by atoms with Gasteiger partial charge in [-0.25, -0.2) is 9.97 Å². The van der Waals surface area contributed by atoms with E-state index in [4.69, 9.17) is 11.6 Å². The van der Waals surface area contributed by atoms with Crippen molar-refractivity contribution in [3.63, 3.8) is 0 Å². The zero-order valence-electron chi connectivity index (χ0n) is 8.29. The van der Waals surface area contributed by atoms with Crippen LogP contribution >= 0.6 is 11.6 Å². The van der Waals surface area contributed by atoms with E-state index in [9.17, 15) is 0 Å². The average Bonchev–Trinajstić information content (AvgIpc) is 2.45. The van der Waals surface area contributed by atoms with Gasteiger partial charge in [0.1, 0.15) is 16.5 Å². The molecule has 0 spiro atoms. The fourth-order valence-corrected chi connectivity index (χ4v) is 1.73. The summed E-state index contributed by atoms with van der Waals surface area (Å²) < 4.78 is 2.10. The first-order chi connectivity index (χ1) is 6.72. The number of fused-ring (bicyclic) bond motifs is 1. The molecule has 0 atom stereocenters. The van der Waals surface area contributed by atoms with E-state index in [2.05, 4.69) is 21.5 Å². The molecular formula is C10H12ClN3. The van der Waals surface area contributed by atoms with Crippen LogP contribution in [0.2, 0.25) is 5.15 Å². The summed E-state index contributed by atoms with van der Waals surface area (Å²) in [6, 6.07) is 3.68. The summed E-state index contributed by atoms with van der Waals surface area (Å²) in [6.45, 7) is 5.07. The van der Waals surface area contributed by atoms with Gasteiger partial charge in [-0.05, 0) is 25.5 Å². The molecule has 2 aromatic heterocycles. The Morgan fingerprint density at radius 3 is 2.86 bits per heavy atom. The van der Waals surface area contributed by atoms with Crippen LogP contribution in [0, 0.1) is 6.92 Å². The summed E-state index contributed by atoms with van der Waals surface area (Å²) in [5, 5.41) is 0.523. The molecule has 0 N–H and O–H groups in total. The van der Waals surface area contributed by atoms with Crippen molar-refractivity contribution in [2.75, 3.05) is 0 Å². The van der Waals surface area contributed by atoms with Gasteiger partial charge in [0.05, 0.1) is 0 Å². The van der Waals surface area contributed by atoms with E-state index in [1.54, 1.807) is 6.07 Å². The van der Waals surface area contributed by atoms with E-state index in [0.717, 1.165) is 30.0 Å². The van der Waals surface area contributed by atoms with E-state index in [1.807, 2.05) is 13.0 Å². The molecule has 0 radical (unpaired) electrons. The van der Waals surface area contributed by atoms with Gasteiger partial charge in [0.2, 0.25) is 0 Å². The lowest BCUT2D eigenvalue weighted by atomic mass is 10.4. The first kappa shape index (κ1) is 9.46. The fourth-order valence-electron chi connectivity index (χ4n) is 1.58. The summed E-state index contributed by atoms with van der Waals surface area (Å²) in [5.74, 6) is 0.997. The van der Waals surface area contributed by atoms with Crippen LogP contribution in [0.3, 0.4) is 0 Å². The van der Waals surface area contributed by atoms with Crippen molar-refractivity contribution in [2.45, 2.75) is 26.8 Å². The highest BCUT2D eigenvalue weighted by molar-refractivity contribution is 6.29. The van der Waals surface area contributed by atoms with Crippen LogP contribution in [-0.2, 0) is 6.54 Å². The van der Waals surface area contributed by atoms with Gasteiger partial charge in [-0.3, -0.25) is 0 Å². The van der Waals surface area contributed by atoms with Crippen molar-refractivity contribution in [1.82, 2.24) is 14.5 Å². The largest absolute Gasteiger partial charge is 0.313 e. The third-order valence-electron chi connectivity index (χ3n) is 2.20. The van der Waals surface area contributed by atoms with Crippen LogP contribution in [0.15, 0.2) is 12.1 Å². The minimum atomic E-state index is 0.523. The van der Waals surface area contributed by atoms with Gasteiger partial charge in [-0.1, -0.05) is 18.5 Å².